The number of alkyl halides is 3. The summed E-state index contributed by atoms with van der Waals surface area (Å²) in [5, 5.41) is 8.99. The number of rotatable bonds is 6. The number of aromatic nitrogens is 3. The van der Waals surface area contributed by atoms with Crippen LogP contribution in [0.4, 0.5) is 18.0 Å². The summed E-state index contributed by atoms with van der Waals surface area (Å²) in [6, 6.07) is 11.9. The van der Waals surface area contributed by atoms with Crippen LogP contribution >= 0.6 is 23.4 Å². The molecule has 0 aliphatic carbocycles. The van der Waals surface area contributed by atoms with E-state index in [0.717, 1.165) is 6.07 Å². The quantitative estimate of drug-likeness (QED) is 0.468. The van der Waals surface area contributed by atoms with Gasteiger partial charge in [0.2, 0.25) is 0 Å². The van der Waals surface area contributed by atoms with Gasteiger partial charge in [0.1, 0.15) is 6.61 Å². The molecule has 0 atom stereocenters. The molecule has 0 spiro atoms. The highest BCUT2D eigenvalue weighted by Gasteiger charge is 2.35. The Balaban J connectivity index is 1.74. The number of amides is 1. The fraction of sp³-hybridized carbons (Fsp3) is 0.250. The Kier molecular flexibility index (Phi) is 6.10. The highest BCUT2D eigenvalue weighted by atomic mass is 35.5. The van der Waals surface area contributed by atoms with Gasteiger partial charge in [-0.3, -0.25) is 4.57 Å². The van der Waals surface area contributed by atoms with Crippen molar-refractivity contribution < 1.29 is 22.7 Å². The van der Waals surface area contributed by atoms with Crippen LogP contribution in [0.2, 0.25) is 5.02 Å². The molecule has 0 N–H and O–H groups in total. The van der Waals surface area contributed by atoms with Gasteiger partial charge in [-0.15, -0.1) is 10.2 Å². The number of cyclic esters (lactones) is 1. The van der Waals surface area contributed by atoms with Gasteiger partial charge in [0, 0.05) is 22.9 Å². The normalized spacial score (nSPS) is 14.2. The summed E-state index contributed by atoms with van der Waals surface area (Å²) in [6.45, 7) is 1.19. The maximum absolute atomic E-state index is 13.7. The zero-order chi connectivity index (χ0) is 22.0. The molecule has 0 saturated carbocycles. The number of hydrogen-bond acceptors (Lipinski definition) is 5. The summed E-state index contributed by atoms with van der Waals surface area (Å²) in [5.41, 5.74) is -0.354. The summed E-state index contributed by atoms with van der Waals surface area (Å²) in [6.07, 6.45) is -4.96. The molecule has 1 fully saturated rings. The van der Waals surface area contributed by atoms with E-state index >= 15 is 0 Å². The van der Waals surface area contributed by atoms with Gasteiger partial charge in [-0.2, -0.15) is 13.2 Å². The molecule has 2 aromatic carbocycles. The van der Waals surface area contributed by atoms with Crippen LogP contribution in [0.5, 0.6) is 0 Å². The van der Waals surface area contributed by atoms with Crippen LogP contribution in [0.25, 0.3) is 17.1 Å². The first-order chi connectivity index (χ1) is 14.8. The Bertz CT molecular complexity index is 1110. The summed E-state index contributed by atoms with van der Waals surface area (Å²) < 4.78 is 47.5. The SMILES string of the molecule is O=C1OCCN1CCSc1nnc(-c2cccc(Cl)c2)n1-c1ccccc1C(F)(F)F. The molecule has 0 radical (unpaired) electrons. The second-order valence-electron chi connectivity index (χ2n) is 6.62. The van der Waals surface area contributed by atoms with Crippen LogP contribution < -0.4 is 0 Å². The molecule has 4 rings (SSSR count). The molecule has 3 aromatic rings. The van der Waals surface area contributed by atoms with Crippen LogP contribution in [-0.4, -0.2) is 51.2 Å². The number of nitrogens with zero attached hydrogens (tertiary/aromatic N) is 4. The van der Waals surface area contributed by atoms with E-state index in [2.05, 4.69) is 10.2 Å². The molecule has 0 unspecified atom stereocenters. The van der Waals surface area contributed by atoms with E-state index in [1.165, 1.54) is 39.4 Å². The number of para-hydroxylation sites is 1. The number of hydrogen-bond donors (Lipinski definition) is 0. The van der Waals surface area contributed by atoms with Crippen LogP contribution in [0.3, 0.4) is 0 Å². The van der Waals surface area contributed by atoms with Gasteiger partial charge in [-0.1, -0.05) is 47.6 Å². The Morgan fingerprint density at radius 3 is 2.65 bits per heavy atom. The number of carbonyl (C=O) groups is 1. The van der Waals surface area contributed by atoms with E-state index in [0.29, 0.717) is 36.0 Å². The summed E-state index contributed by atoms with van der Waals surface area (Å²) >= 11 is 7.29. The van der Waals surface area contributed by atoms with E-state index in [4.69, 9.17) is 16.3 Å². The molecule has 31 heavy (non-hydrogen) atoms. The average molecular weight is 469 g/mol. The fourth-order valence-corrected chi connectivity index (χ4v) is 4.28. The molecule has 1 saturated heterocycles. The first-order valence-corrected chi connectivity index (χ1v) is 10.6. The van der Waals surface area contributed by atoms with Crippen molar-refractivity contribution in [3.05, 3.63) is 59.1 Å². The van der Waals surface area contributed by atoms with Gasteiger partial charge < -0.3 is 9.64 Å². The lowest BCUT2D eigenvalue weighted by Gasteiger charge is -2.17. The van der Waals surface area contributed by atoms with Crippen molar-refractivity contribution in [3.8, 4) is 17.1 Å². The predicted octanol–water partition coefficient (Wildman–Crippen LogP) is 5.15. The predicted molar refractivity (Wildman–Crippen MR) is 110 cm³/mol. The summed E-state index contributed by atoms with van der Waals surface area (Å²) in [7, 11) is 0. The Morgan fingerprint density at radius 2 is 1.94 bits per heavy atom. The summed E-state index contributed by atoms with van der Waals surface area (Å²) in [5.74, 6) is 0.652. The van der Waals surface area contributed by atoms with Crippen molar-refractivity contribution in [3.63, 3.8) is 0 Å². The van der Waals surface area contributed by atoms with Gasteiger partial charge >= 0.3 is 12.3 Å². The minimum atomic E-state index is -4.56. The van der Waals surface area contributed by atoms with Crippen LogP contribution in [0.15, 0.2) is 53.7 Å². The first-order valence-electron chi connectivity index (χ1n) is 9.27. The number of halogens is 4. The smallest absolute Gasteiger partial charge is 0.418 e. The Hall–Kier alpha value is -2.72. The van der Waals surface area contributed by atoms with Crippen molar-refractivity contribution >= 4 is 29.5 Å². The zero-order valence-corrected chi connectivity index (χ0v) is 17.5. The van der Waals surface area contributed by atoms with Crippen molar-refractivity contribution in [2.24, 2.45) is 0 Å². The minimum Gasteiger partial charge on any atom is -0.448 e. The Labute approximate surface area is 185 Å². The van der Waals surface area contributed by atoms with Gasteiger partial charge in [0.25, 0.3) is 0 Å². The lowest BCUT2D eigenvalue weighted by atomic mass is 10.1. The number of ether oxygens (including phenoxy) is 1. The van der Waals surface area contributed by atoms with E-state index in [-0.39, 0.29) is 16.7 Å². The molecular formula is C20H16ClF3N4O2S. The average Bonchev–Trinajstić information content (AvgIpc) is 3.34. The van der Waals surface area contributed by atoms with Gasteiger partial charge in [0.15, 0.2) is 11.0 Å². The fourth-order valence-electron chi connectivity index (χ4n) is 3.18. The van der Waals surface area contributed by atoms with Crippen LogP contribution in [0.1, 0.15) is 5.56 Å². The van der Waals surface area contributed by atoms with Gasteiger partial charge in [0.05, 0.1) is 17.8 Å². The zero-order valence-electron chi connectivity index (χ0n) is 16.0. The maximum atomic E-state index is 13.7. The molecule has 11 heteroatoms. The van der Waals surface area contributed by atoms with E-state index in [1.807, 2.05) is 0 Å². The van der Waals surface area contributed by atoms with Crippen LogP contribution in [-0.2, 0) is 10.9 Å². The lowest BCUT2D eigenvalue weighted by molar-refractivity contribution is -0.137. The third-order valence-corrected chi connectivity index (χ3v) is 5.75. The molecule has 1 aromatic heterocycles. The molecule has 0 bridgehead atoms. The summed E-state index contributed by atoms with van der Waals surface area (Å²) in [4.78, 5) is 13.1. The van der Waals surface area contributed by atoms with Gasteiger partial charge in [-0.05, 0) is 24.3 Å². The van der Waals surface area contributed by atoms with E-state index in [9.17, 15) is 18.0 Å². The molecule has 6 nitrogen and oxygen atoms in total. The van der Waals surface area contributed by atoms with E-state index in [1.54, 1.807) is 24.3 Å². The molecule has 1 amide bonds. The Morgan fingerprint density at radius 1 is 1.13 bits per heavy atom. The monoisotopic (exact) mass is 468 g/mol. The number of thioether (sulfide) groups is 1. The molecular weight excluding hydrogens is 453 g/mol. The number of benzene rings is 2. The van der Waals surface area contributed by atoms with Gasteiger partial charge in [-0.25, -0.2) is 4.79 Å². The van der Waals surface area contributed by atoms with Crippen molar-refractivity contribution in [1.82, 2.24) is 19.7 Å². The van der Waals surface area contributed by atoms with Crippen molar-refractivity contribution in [1.29, 1.82) is 0 Å². The molecule has 162 valence electrons. The lowest BCUT2D eigenvalue weighted by Crippen LogP contribution is -2.26. The highest BCUT2D eigenvalue weighted by molar-refractivity contribution is 7.99. The maximum Gasteiger partial charge on any atom is 0.418 e. The second kappa shape index (κ2) is 8.80. The third kappa shape index (κ3) is 4.64. The number of carbonyl (C=O) groups excluding carboxylic acids is 1. The topological polar surface area (TPSA) is 60.2 Å². The first kappa shape index (κ1) is 21.5. The minimum absolute atomic E-state index is 0.0851. The molecule has 1 aliphatic heterocycles. The van der Waals surface area contributed by atoms with Crippen LogP contribution in [0, 0.1) is 0 Å². The van der Waals surface area contributed by atoms with Crippen molar-refractivity contribution in [2.75, 3.05) is 25.4 Å². The standard InChI is InChI=1S/C20H16ClF3N4O2S/c21-14-5-3-4-13(12-14)17-25-26-18(31-11-9-27-8-10-30-19(27)29)28(17)16-7-2-1-6-15(16)20(22,23)24/h1-7,12H,8-11H2. The molecule has 2 heterocycles. The highest BCUT2D eigenvalue weighted by Crippen LogP contribution is 2.37. The third-order valence-electron chi connectivity index (χ3n) is 4.60. The second-order valence-corrected chi connectivity index (χ2v) is 8.12. The van der Waals surface area contributed by atoms with Crippen molar-refractivity contribution in [2.45, 2.75) is 11.3 Å². The largest absolute Gasteiger partial charge is 0.448 e. The van der Waals surface area contributed by atoms with E-state index < -0.39 is 17.8 Å². The molecule has 1 aliphatic rings.